The normalized spacial score (nSPS) is 11.1. The zero-order valence-corrected chi connectivity index (χ0v) is 17.4. The van der Waals surface area contributed by atoms with Gasteiger partial charge in [0.1, 0.15) is 11.5 Å². The number of sulfonamides is 1. The third-order valence-electron chi connectivity index (χ3n) is 4.46. The van der Waals surface area contributed by atoms with E-state index in [1.165, 1.54) is 4.31 Å². The first-order valence-corrected chi connectivity index (χ1v) is 10.9. The van der Waals surface area contributed by atoms with E-state index in [2.05, 4.69) is 0 Å². The highest BCUT2D eigenvalue weighted by molar-refractivity contribution is 7.92. The number of aryl methyl sites for hydroxylation is 1. The smallest absolute Gasteiger partial charge is 0.264 e. The van der Waals surface area contributed by atoms with E-state index in [9.17, 15) is 8.42 Å². The molecule has 152 valence electrons. The summed E-state index contributed by atoms with van der Waals surface area (Å²) in [6, 6.07) is 23.3. The predicted molar refractivity (Wildman–Crippen MR) is 115 cm³/mol. The van der Waals surface area contributed by atoms with Crippen LogP contribution in [0.4, 0.5) is 5.69 Å². The minimum atomic E-state index is -3.69. The fourth-order valence-electron chi connectivity index (χ4n) is 2.96. The maximum Gasteiger partial charge on any atom is 0.264 e. The van der Waals surface area contributed by atoms with Crippen LogP contribution in [0.25, 0.3) is 0 Å². The summed E-state index contributed by atoms with van der Waals surface area (Å²) >= 11 is 0. The minimum absolute atomic E-state index is 0.260. The Hall–Kier alpha value is -2.99. The summed E-state index contributed by atoms with van der Waals surface area (Å²) in [7, 11) is -2.11. The molecule has 0 radical (unpaired) electrons. The zero-order valence-electron chi connectivity index (χ0n) is 16.6. The summed E-state index contributed by atoms with van der Waals surface area (Å²) in [4.78, 5) is 0.260. The number of benzene rings is 3. The highest BCUT2D eigenvalue weighted by Crippen LogP contribution is 2.26. The van der Waals surface area contributed by atoms with Gasteiger partial charge in [-0.25, -0.2) is 8.42 Å². The molecule has 29 heavy (non-hydrogen) atoms. The van der Waals surface area contributed by atoms with E-state index in [1.807, 2.05) is 31.2 Å². The van der Waals surface area contributed by atoms with Gasteiger partial charge >= 0.3 is 0 Å². The number of methoxy groups -OCH3 is 1. The van der Waals surface area contributed by atoms with Crippen LogP contribution >= 0.6 is 0 Å². The Morgan fingerprint density at radius 1 is 0.862 bits per heavy atom. The van der Waals surface area contributed by atoms with E-state index in [0.717, 1.165) is 11.3 Å². The van der Waals surface area contributed by atoms with Gasteiger partial charge in [0.05, 0.1) is 24.3 Å². The van der Waals surface area contributed by atoms with Crippen molar-refractivity contribution in [2.45, 2.75) is 18.2 Å². The number of rotatable bonds is 9. The lowest BCUT2D eigenvalue weighted by Gasteiger charge is -2.25. The monoisotopic (exact) mass is 411 g/mol. The van der Waals surface area contributed by atoms with E-state index in [-0.39, 0.29) is 4.90 Å². The van der Waals surface area contributed by atoms with Crippen molar-refractivity contribution in [1.29, 1.82) is 0 Å². The summed E-state index contributed by atoms with van der Waals surface area (Å²) in [5.74, 6) is 1.46. The fourth-order valence-corrected chi connectivity index (χ4v) is 4.48. The van der Waals surface area contributed by atoms with Gasteiger partial charge in [-0.2, -0.15) is 0 Å². The lowest BCUT2D eigenvalue weighted by Crippen LogP contribution is -2.32. The minimum Gasteiger partial charge on any atom is -0.497 e. The number of hydrogen-bond donors (Lipinski definition) is 0. The second kappa shape index (κ2) is 9.47. The Morgan fingerprint density at radius 3 is 2.24 bits per heavy atom. The van der Waals surface area contributed by atoms with Crippen molar-refractivity contribution in [3.05, 3.63) is 84.4 Å². The molecular weight excluding hydrogens is 386 g/mol. The molecule has 5 nitrogen and oxygen atoms in total. The van der Waals surface area contributed by atoms with Gasteiger partial charge in [-0.3, -0.25) is 4.31 Å². The van der Waals surface area contributed by atoms with Crippen LogP contribution in [-0.4, -0.2) is 28.7 Å². The Bertz CT molecular complexity index is 1020. The first-order valence-electron chi connectivity index (χ1n) is 9.42. The molecule has 0 atom stereocenters. The first kappa shape index (κ1) is 20.7. The zero-order chi connectivity index (χ0) is 20.7. The first-order chi connectivity index (χ1) is 14.0. The third-order valence-corrected chi connectivity index (χ3v) is 6.30. The van der Waals surface area contributed by atoms with Gasteiger partial charge in [0.2, 0.25) is 0 Å². The van der Waals surface area contributed by atoms with Crippen molar-refractivity contribution in [3.8, 4) is 11.5 Å². The van der Waals surface area contributed by atoms with Gasteiger partial charge in [0.25, 0.3) is 10.0 Å². The average Bonchev–Trinajstić information content (AvgIpc) is 2.74. The molecule has 0 amide bonds. The summed E-state index contributed by atoms with van der Waals surface area (Å²) < 4.78 is 38.9. The molecule has 0 unspecified atom stereocenters. The molecule has 3 rings (SSSR count). The van der Waals surface area contributed by atoms with Crippen molar-refractivity contribution in [1.82, 2.24) is 0 Å². The second-order valence-electron chi connectivity index (χ2n) is 6.61. The molecule has 0 saturated heterocycles. The van der Waals surface area contributed by atoms with Gasteiger partial charge in [-0.15, -0.1) is 0 Å². The molecule has 0 N–H and O–H groups in total. The molecule has 0 aliphatic carbocycles. The molecule has 0 heterocycles. The summed E-state index contributed by atoms with van der Waals surface area (Å²) in [5.41, 5.74) is 1.71. The standard InChI is InChI=1S/C23H25NO4S/c1-19-8-6-9-22(18-19)28-17-7-16-24(20-12-14-21(27-2)15-13-20)29(25,26)23-10-4-3-5-11-23/h3-6,8-15,18H,7,16-17H2,1-2H3. The van der Waals surface area contributed by atoms with Crippen LogP contribution in [0.2, 0.25) is 0 Å². The molecule has 0 aliphatic rings. The number of ether oxygens (including phenoxy) is 2. The van der Waals surface area contributed by atoms with Gasteiger partial charge < -0.3 is 9.47 Å². The van der Waals surface area contributed by atoms with E-state index in [4.69, 9.17) is 9.47 Å². The molecule has 0 fully saturated rings. The molecule has 0 bridgehead atoms. The van der Waals surface area contributed by atoms with E-state index < -0.39 is 10.0 Å². The highest BCUT2D eigenvalue weighted by atomic mass is 32.2. The van der Waals surface area contributed by atoms with Crippen molar-refractivity contribution in [2.75, 3.05) is 24.6 Å². The molecule has 3 aromatic carbocycles. The summed E-state index contributed by atoms with van der Waals surface area (Å²) in [5, 5.41) is 0. The van der Waals surface area contributed by atoms with E-state index in [0.29, 0.717) is 31.0 Å². The van der Waals surface area contributed by atoms with Crippen LogP contribution in [0.5, 0.6) is 11.5 Å². The van der Waals surface area contributed by atoms with Crippen LogP contribution in [0, 0.1) is 6.92 Å². The van der Waals surface area contributed by atoms with Gasteiger partial charge in [0.15, 0.2) is 0 Å². The SMILES string of the molecule is COc1ccc(N(CCCOc2cccc(C)c2)S(=O)(=O)c2ccccc2)cc1. The largest absolute Gasteiger partial charge is 0.497 e. The molecule has 0 saturated carbocycles. The van der Waals surface area contributed by atoms with Crippen LogP contribution < -0.4 is 13.8 Å². The molecule has 0 aliphatic heterocycles. The number of hydrogen-bond acceptors (Lipinski definition) is 4. The molecule has 0 aromatic heterocycles. The quantitative estimate of drug-likeness (QED) is 0.480. The maximum absolute atomic E-state index is 13.2. The number of anilines is 1. The summed E-state index contributed by atoms with van der Waals surface area (Å²) in [6.07, 6.45) is 0.548. The lowest BCUT2D eigenvalue weighted by molar-refractivity contribution is 0.313. The molecule has 0 spiro atoms. The van der Waals surface area contributed by atoms with Crippen molar-refractivity contribution in [2.24, 2.45) is 0 Å². The van der Waals surface area contributed by atoms with Crippen LogP contribution in [0.3, 0.4) is 0 Å². The topological polar surface area (TPSA) is 55.8 Å². The Kier molecular flexibility index (Phi) is 6.77. The Balaban J connectivity index is 1.77. The van der Waals surface area contributed by atoms with E-state index in [1.54, 1.807) is 61.7 Å². The van der Waals surface area contributed by atoms with Gasteiger partial charge in [-0.1, -0.05) is 30.3 Å². The Labute approximate surface area is 172 Å². The lowest BCUT2D eigenvalue weighted by atomic mass is 10.2. The van der Waals surface area contributed by atoms with Crippen molar-refractivity contribution in [3.63, 3.8) is 0 Å². The van der Waals surface area contributed by atoms with Gasteiger partial charge in [-0.05, 0) is 61.0 Å². The van der Waals surface area contributed by atoms with Crippen molar-refractivity contribution < 1.29 is 17.9 Å². The third kappa shape index (κ3) is 5.29. The van der Waals surface area contributed by atoms with Gasteiger partial charge in [0, 0.05) is 13.0 Å². The van der Waals surface area contributed by atoms with Crippen molar-refractivity contribution >= 4 is 15.7 Å². The average molecular weight is 412 g/mol. The molecule has 3 aromatic rings. The molecule has 6 heteroatoms. The maximum atomic E-state index is 13.2. The number of nitrogens with zero attached hydrogens (tertiary/aromatic N) is 1. The highest BCUT2D eigenvalue weighted by Gasteiger charge is 2.24. The summed E-state index contributed by atoms with van der Waals surface area (Å²) in [6.45, 7) is 2.72. The van der Waals surface area contributed by atoms with Crippen LogP contribution in [-0.2, 0) is 10.0 Å². The van der Waals surface area contributed by atoms with Crippen LogP contribution in [0.15, 0.2) is 83.8 Å². The Morgan fingerprint density at radius 2 is 1.59 bits per heavy atom. The predicted octanol–water partition coefficient (Wildman–Crippen LogP) is 4.67. The molecular formula is C23H25NO4S. The second-order valence-corrected chi connectivity index (χ2v) is 8.47. The van der Waals surface area contributed by atoms with Crippen LogP contribution in [0.1, 0.15) is 12.0 Å². The van der Waals surface area contributed by atoms with E-state index >= 15 is 0 Å². The fraction of sp³-hybridized carbons (Fsp3) is 0.217.